The molecule has 3 nitrogen and oxygen atoms in total. The van der Waals surface area contributed by atoms with Gasteiger partial charge in [0, 0.05) is 16.8 Å². The van der Waals surface area contributed by atoms with Crippen molar-refractivity contribution in [3.8, 4) is 5.75 Å². The summed E-state index contributed by atoms with van der Waals surface area (Å²) in [6, 6.07) is 12.2. The molecule has 0 aliphatic carbocycles. The molecule has 4 heteroatoms. The minimum absolute atomic E-state index is 0.134. The second-order valence-corrected chi connectivity index (χ2v) is 4.79. The maximum Gasteiger partial charge on any atom is 0.228 e. The normalized spacial score (nSPS) is 10.2. The van der Waals surface area contributed by atoms with Gasteiger partial charge in [-0.15, -0.1) is 0 Å². The lowest BCUT2D eigenvalue weighted by Gasteiger charge is -2.07. The molecule has 0 aliphatic heterocycles. The summed E-state index contributed by atoms with van der Waals surface area (Å²) in [6.07, 6.45) is 0.270. The molecule has 1 amide bonds. The van der Waals surface area contributed by atoms with E-state index >= 15 is 0 Å². The number of aryl methyl sites for hydroxylation is 1. The van der Waals surface area contributed by atoms with Crippen LogP contribution in [0.3, 0.4) is 0 Å². The number of amides is 1. The summed E-state index contributed by atoms with van der Waals surface area (Å²) >= 11 is 5.78. The van der Waals surface area contributed by atoms with Crippen LogP contribution in [0.1, 0.15) is 11.1 Å². The lowest BCUT2D eigenvalue weighted by Crippen LogP contribution is -2.14. The van der Waals surface area contributed by atoms with Crippen molar-refractivity contribution in [3.63, 3.8) is 0 Å². The lowest BCUT2D eigenvalue weighted by molar-refractivity contribution is -0.115. The molecule has 0 saturated carbocycles. The molecule has 0 unspecified atom stereocenters. The van der Waals surface area contributed by atoms with Crippen molar-refractivity contribution < 1.29 is 9.90 Å². The molecule has 2 aromatic carbocycles. The van der Waals surface area contributed by atoms with Gasteiger partial charge in [-0.1, -0.05) is 29.8 Å². The van der Waals surface area contributed by atoms with E-state index in [2.05, 4.69) is 5.32 Å². The number of hydrogen-bond donors (Lipinski definition) is 2. The number of nitrogens with one attached hydrogen (secondary N) is 1. The Hall–Kier alpha value is -2.00. The average Bonchev–Trinajstić information content (AvgIpc) is 2.37. The van der Waals surface area contributed by atoms with Gasteiger partial charge in [0.15, 0.2) is 0 Å². The van der Waals surface area contributed by atoms with Crippen molar-refractivity contribution in [1.29, 1.82) is 0 Å². The summed E-state index contributed by atoms with van der Waals surface area (Å²) in [4.78, 5) is 11.8. The number of aromatic hydroxyl groups is 1. The van der Waals surface area contributed by atoms with Gasteiger partial charge in [-0.2, -0.15) is 0 Å². The van der Waals surface area contributed by atoms with E-state index in [-0.39, 0.29) is 18.1 Å². The van der Waals surface area contributed by atoms with Crippen LogP contribution < -0.4 is 5.32 Å². The highest BCUT2D eigenvalue weighted by atomic mass is 35.5. The molecule has 0 saturated heterocycles. The fourth-order valence-electron chi connectivity index (χ4n) is 1.68. The Labute approximate surface area is 116 Å². The van der Waals surface area contributed by atoms with Crippen LogP contribution in [0.25, 0.3) is 0 Å². The predicted molar refractivity (Wildman–Crippen MR) is 76.6 cm³/mol. The van der Waals surface area contributed by atoms with Gasteiger partial charge in [0.25, 0.3) is 0 Å². The molecule has 2 aromatic rings. The number of hydrogen-bond acceptors (Lipinski definition) is 2. The molecule has 0 heterocycles. The van der Waals surface area contributed by atoms with Gasteiger partial charge >= 0.3 is 0 Å². The summed E-state index contributed by atoms with van der Waals surface area (Å²) in [5, 5.41) is 13.0. The molecule has 19 heavy (non-hydrogen) atoms. The number of rotatable bonds is 3. The molecule has 0 aromatic heterocycles. The number of benzene rings is 2. The van der Waals surface area contributed by atoms with Crippen LogP contribution in [0.5, 0.6) is 5.75 Å². The molecular formula is C15H14ClNO2. The highest BCUT2D eigenvalue weighted by Gasteiger charge is 2.05. The monoisotopic (exact) mass is 275 g/mol. The third kappa shape index (κ3) is 3.73. The van der Waals surface area contributed by atoms with Gasteiger partial charge in [-0.3, -0.25) is 4.79 Å². The minimum Gasteiger partial charge on any atom is -0.508 e. The van der Waals surface area contributed by atoms with Crippen molar-refractivity contribution in [2.45, 2.75) is 13.3 Å². The Morgan fingerprint density at radius 1 is 1.21 bits per heavy atom. The quantitative estimate of drug-likeness (QED) is 0.900. The maximum atomic E-state index is 11.8. The Balaban J connectivity index is 2.01. The molecule has 0 aliphatic rings. The SMILES string of the molecule is Cc1ccc(NC(=O)Cc2ccc(Cl)cc2)cc1O. The summed E-state index contributed by atoms with van der Waals surface area (Å²) in [5.41, 5.74) is 2.25. The van der Waals surface area contributed by atoms with Crippen LogP contribution in [-0.4, -0.2) is 11.0 Å². The van der Waals surface area contributed by atoms with E-state index in [0.717, 1.165) is 11.1 Å². The predicted octanol–water partition coefficient (Wildman–Crippen LogP) is 3.54. The number of phenols is 1. The lowest BCUT2D eigenvalue weighted by atomic mass is 10.1. The van der Waals surface area contributed by atoms with Crippen molar-refractivity contribution in [2.75, 3.05) is 5.32 Å². The van der Waals surface area contributed by atoms with E-state index in [9.17, 15) is 9.90 Å². The zero-order valence-electron chi connectivity index (χ0n) is 10.5. The first-order chi connectivity index (χ1) is 9.04. The fraction of sp³-hybridized carbons (Fsp3) is 0.133. The summed E-state index contributed by atoms with van der Waals surface area (Å²) in [6.45, 7) is 1.80. The van der Waals surface area contributed by atoms with E-state index in [1.165, 1.54) is 6.07 Å². The smallest absolute Gasteiger partial charge is 0.228 e. The first-order valence-corrected chi connectivity index (χ1v) is 6.26. The first kappa shape index (κ1) is 13.4. The largest absolute Gasteiger partial charge is 0.508 e. The van der Waals surface area contributed by atoms with Gasteiger partial charge in [0.2, 0.25) is 5.91 Å². The van der Waals surface area contributed by atoms with Crippen molar-refractivity contribution in [3.05, 3.63) is 58.6 Å². The van der Waals surface area contributed by atoms with Gasteiger partial charge in [-0.05, 0) is 36.2 Å². The van der Waals surface area contributed by atoms with E-state index in [1.54, 1.807) is 31.2 Å². The summed E-state index contributed by atoms with van der Waals surface area (Å²) < 4.78 is 0. The Kier molecular flexibility index (Phi) is 4.07. The fourth-order valence-corrected chi connectivity index (χ4v) is 1.81. The molecule has 2 N–H and O–H groups in total. The Morgan fingerprint density at radius 3 is 2.53 bits per heavy atom. The number of halogens is 1. The van der Waals surface area contributed by atoms with Crippen LogP contribution in [0.4, 0.5) is 5.69 Å². The molecule has 98 valence electrons. The molecule has 2 rings (SSSR count). The van der Waals surface area contributed by atoms with Crippen molar-refractivity contribution in [2.24, 2.45) is 0 Å². The highest BCUT2D eigenvalue weighted by Crippen LogP contribution is 2.21. The van der Waals surface area contributed by atoms with Gasteiger partial charge in [0.1, 0.15) is 5.75 Å². The van der Waals surface area contributed by atoms with Gasteiger partial charge in [-0.25, -0.2) is 0 Å². The third-order valence-electron chi connectivity index (χ3n) is 2.77. The van der Waals surface area contributed by atoms with Gasteiger partial charge < -0.3 is 10.4 Å². The zero-order chi connectivity index (χ0) is 13.8. The molecule has 0 spiro atoms. The van der Waals surface area contributed by atoms with E-state index in [1.807, 2.05) is 12.1 Å². The highest BCUT2D eigenvalue weighted by molar-refractivity contribution is 6.30. The summed E-state index contributed by atoms with van der Waals surface area (Å²) in [7, 11) is 0. The Bertz CT molecular complexity index is 594. The topological polar surface area (TPSA) is 49.3 Å². The van der Waals surface area contributed by atoms with Crippen LogP contribution in [0.15, 0.2) is 42.5 Å². The molecule has 0 fully saturated rings. The van der Waals surface area contributed by atoms with E-state index in [0.29, 0.717) is 10.7 Å². The van der Waals surface area contributed by atoms with Crippen LogP contribution in [-0.2, 0) is 11.2 Å². The number of carbonyl (C=O) groups excluding carboxylic acids is 1. The second kappa shape index (κ2) is 5.76. The van der Waals surface area contributed by atoms with Crippen LogP contribution in [0, 0.1) is 6.92 Å². The van der Waals surface area contributed by atoms with Gasteiger partial charge in [0.05, 0.1) is 6.42 Å². The van der Waals surface area contributed by atoms with Crippen LogP contribution in [0.2, 0.25) is 5.02 Å². The Morgan fingerprint density at radius 2 is 1.89 bits per heavy atom. The molecule has 0 radical (unpaired) electrons. The van der Waals surface area contributed by atoms with E-state index in [4.69, 9.17) is 11.6 Å². The number of carbonyl (C=O) groups is 1. The number of phenolic OH excluding ortho intramolecular Hbond substituents is 1. The van der Waals surface area contributed by atoms with Crippen molar-refractivity contribution in [1.82, 2.24) is 0 Å². The zero-order valence-corrected chi connectivity index (χ0v) is 11.2. The molecular weight excluding hydrogens is 262 g/mol. The molecule has 0 bridgehead atoms. The maximum absolute atomic E-state index is 11.8. The average molecular weight is 276 g/mol. The summed E-state index contributed by atoms with van der Waals surface area (Å²) in [5.74, 6) is 0.0369. The molecule has 0 atom stereocenters. The van der Waals surface area contributed by atoms with Crippen molar-refractivity contribution >= 4 is 23.2 Å². The number of anilines is 1. The van der Waals surface area contributed by atoms with Crippen LogP contribution >= 0.6 is 11.6 Å². The second-order valence-electron chi connectivity index (χ2n) is 4.35. The minimum atomic E-state index is -0.134. The van der Waals surface area contributed by atoms with E-state index < -0.39 is 0 Å². The third-order valence-corrected chi connectivity index (χ3v) is 3.02. The standard InChI is InChI=1S/C15H14ClNO2/c1-10-2-7-13(9-14(10)18)17-15(19)8-11-3-5-12(16)6-4-11/h2-7,9,18H,8H2,1H3,(H,17,19). The first-order valence-electron chi connectivity index (χ1n) is 5.88.